The average molecular weight is 553 g/mol. The van der Waals surface area contributed by atoms with Crippen LogP contribution in [0, 0.1) is 0 Å². The molecule has 202 valence electrons. The number of benzene rings is 2. The molecule has 1 atom stereocenters. The predicted octanol–water partition coefficient (Wildman–Crippen LogP) is 2.57. The van der Waals surface area contributed by atoms with Gasteiger partial charge in [-0.15, -0.1) is 0 Å². The Kier molecular flexibility index (Phi) is 7.11. The number of anilines is 2. The quantitative estimate of drug-likeness (QED) is 0.423. The summed E-state index contributed by atoms with van der Waals surface area (Å²) in [6.45, 7) is 0.380. The third-order valence-electron chi connectivity index (χ3n) is 6.79. The second-order valence-corrected chi connectivity index (χ2v) is 9.53. The first-order valence-corrected chi connectivity index (χ1v) is 12.6. The largest absolute Gasteiger partial charge is 0.480 e. The lowest BCUT2D eigenvalue weighted by Gasteiger charge is -2.38. The number of hydrogen-bond acceptors (Lipinski definition) is 7. The van der Waals surface area contributed by atoms with E-state index in [4.69, 9.17) is 16.6 Å². The Morgan fingerprint density at radius 1 is 1.00 bits per heavy atom. The number of hydrogen-bond donors (Lipinski definition) is 2. The van der Waals surface area contributed by atoms with Gasteiger partial charge in [-0.2, -0.15) is 4.98 Å². The second kappa shape index (κ2) is 10.7. The molecule has 1 saturated heterocycles. The molecule has 1 aromatic heterocycles. The topological polar surface area (TPSA) is 140 Å². The van der Waals surface area contributed by atoms with E-state index in [0.717, 1.165) is 0 Å². The van der Waals surface area contributed by atoms with Gasteiger partial charge in [0.1, 0.15) is 18.9 Å². The zero-order chi connectivity index (χ0) is 27.7. The maximum Gasteiger partial charge on any atom is 0.407 e. The highest BCUT2D eigenvalue weighted by molar-refractivity contribution is 6.32. The normalized spacial score (nSPS) is 16.2. The third kappa shape index (κ3) is 4.86. The number of amides is 2. The molecule has 0 aliphatic carbocycles. The van der Waals surface area contributed by atoms with E-state index in [9.17, 15) is 29.4 Å². The molecule has 39 heavy (non-hydrogen) atoms. The van der Waals surface area contributed by atoms with Crippen LogP contribution < -0.4 is 9.80 Å². The number of para-hydroxylation sites is 1. The highest BCUT2D eigenvalue weighted by Crippen LogP contribution is 2.38. The van der Waals surface area contributed by atoms with Crippen molar-refractivity contribution in [1.82, 2.24) is 19.4 Å². The number of carbonyl (C=O) groups excluding carboxylic acids is 2. The van der Waals surface area contributed by atoms with E-state index in [1.54, 1.807) is 59.2 Å². The molecule has 0 spiro atoms. The van der Waals surface area contributed by atoms with Crippen molar-refractivity contribution in [3.05, 3.63) is 70.9 Å². The number of aromatic nitrogens is 2. The smallest absolute Gasteiger partial charge is 0.407 e. The number of rotatable bonds is 7. The minimum absolute atomic E-state index is 0.0639. The number of halogens is 1. The first kappa shape index (κ1) is 26.0. The van der Waals surface area contributed by atoms with Gasteiger partial charge in [-0.1, -0.05) is 54.1 Å². The van der Waals surface area contributed by atoms with E-state index in [-0.39, 0.29) is 31.3 Å². The highest BCUT2D eigenvalue weighted by atomic mass is 35.5. The van der Waals surface area contributed by atoms with E-state index >= 15 is 0 Å². The minimum atomic E-state index is -1.14. The van der Waals surface area contributed by atoms with Crippen LogP contribution in [0.15, 0.2) is 54.6 Å². The maximum absolute atomic E-state index is 14.1. The summed E-state index contributed by atoms with van der Waals surface area (Å²) in [5, 5.41) is 19.4. The summed E-state index contributed by atoms with van der Waals surface area (Å²) in [7, 11) is 0. The first-order chi connectivity index (χ1) is 18.8. The summed E-state index contributed by atoms with van der Waals surface area (Å²) in [5.74, 6) is -1.19. The molecule has 5 rings (SSSR count). The number of nitrogens with zero attached hydrogens (tertiary/aromatic N) is 6. The molecule has 0 saturated carbocycles. The van der Waals surface area contributed by atoms with Gasteiger partial charge in [0.25, 0.3) is 5.91 Å². The Balaban J connectivity index is 1.68. The molecule has 1 unspecified atom stereocenters. The fourth-order valence-corrected chi connectivity index (χ4v) is 5.14. The summed E-state index contributed by atoms with van der Waals surface area (Å²) < 4.78 is 1.57. The molecule has 12 nitrogen and oxygen atoms in total. The van der Waals surface area contributed by atoms with Gasteiger partial charge in [0, 0.05) is 26.2 Å². The molecule has 0 radical (unpaired) electrons. The van der Waals surface area contributed by atoms with E-state index in [2.05, 4.69) is 0 Å². The number of aliphatic carboxylic acids is 1. The average Bonchev–Trinajstić information content (AvgIpc) is 3.33. The predicted molar refractivity (Wildman–Crippen MR) is 142 cm³/mol. The van der Waals surface area contributed by atoms with Crippen LogP contribution in [0.3, 0.4) is 0 Å². The molecule has 3 heterocycles. The molecular weight excluding hydrogens is 528 g/mol. The highest BCUT2D eigenvalue weighted by Gasteiger charge is 2.41. The standard InChI is InChI=1S/C26H25ClN6O6/c27-18-8-4-5-9-19(18)33-22-23(28-25(33)29-10-12-30(13-11-29)26(38)39)31(14-21(35)36)16-32(24(22)37)20(15-34)17-6-2-1-3-7-17/h1-9,15,20H,10-14,16H2,(H,35,36)(H,38,39). The van der Waals surface area contributed by atoms with Gasteiger partial charge in [-0.25, -0.2) is 4.79 Å². The third-order valence-corrected chi connectivity index (χ3v) is 7.11. The molecule has 2 aliphatic rings. The monoisotopic (exact) mass is 552 g/mol. The van der Waals surface area contributed by atoms with Gasteiger partial charge in [0.05, 0.1) is 17.4 Å². The van der Waals surface area contributed by atoms with Gasteiger partial charge in [-0.05, 0) is 17.7 Å². The van der Waals surface area contributed by atoms with Crippen molar-refractivity contribution in [3.8, 4) is 5.69 Å². The van der Waals surface area contributed by atoms with Crippen molar-refractivity contribution in [2.45, 2.75) is 6.04 Å². The van der Waals surface area contributed by atoms with Gasteiger partial charge in [0.2, 0.25) is 5.95 Å². The lowest BCUT2D eigenvalue weighted by molar-refractivity contribution is -0.135. The zero-order valence-electron chi connectivity index (χ0n) is 20.7. The second-order valence-electron chi connectivity index (χ2n) is 9.13. The molecule has 2 amide bonds. The fraction of sp³-hybridized carbons (Fsp3) is 0.269. The van der Waals surface area contributed by atoms with Gasteiger partial charge in [-0.3, -0.25) is 14.2 Å². The van der Waals surface area contributed by atoms with E-state index in [1.165, 1.54) is 14.7 Å². The van der Waals surface area contributed by atoms with Crippen molar-refractivity contribution in [3.63, 3.8) is 0 Å². The van der Waals surface area contributed by atoms with Gasteiger partial charge in [0.15, 0.2) is 11.5 Å². The van der Waals surface area contributed by atoms with Crippen LogP contribution in [-0.2, 0) is 9.59 Å². The van der Waals surface area contributed by atoms with Crippen molar-refractivity contribution >= 4 is 47.6 Å². The van der Waals surface area contributed by atoms with Crippen LogP contribution in [-0.4, -0.2) is 93.2 Å². The molecule has 2 N–H and O–H groups in total. The molecule has 13 heteroatoms. The van der Waals surface area contributed by atoms with Crippen LogP contribution >= 0.6 is 11.6 Å². The van der Waals surface area contributed by atoms with Crippen molar-refractivity contribution in [2.75, 3.05) is 49.2 Å². The van der Waals surface area contributed by atoms with Crippen LogP contribution in [0.2, 0.25) is 5.02 Å². The maximum atomic E-state index is 14.1. The number of imidazole rings is 1. The van der Waals surface area contributed by atoms with Crippen molar-refractivity contribution < 1.29 is 29.4 Å². The summed E-state index contributed by atoms with van der Waals surface area (Å²) >= 11 is 6.58. The number of piperazine rings is 1. The Morgan fingerprint density at radius 3 is 2.28 bits per heavy atom. The lowest BCUT2D eigenvalue weighted by atomic mass is 10.1. The number of carbonyl (C=O) groups is 4. The fourth-order valence-electron chi connectivity index (χ4n) is 4.92. The molecular formula is C26H25ClN6O6. The summed E-state index contributed by atoms with van der Waals surface area (Å²) in [5.41, 5.74) is 1.08. The summed E-state index contributed by atoms with van der Waals surface area (Å²) in [6.07, 6.45) is -0.373. The molecule has 0 bridgehead atoms. The van der Waals surface area contributed by atoms with Gasteiger partial charge < -0.3 is 34.6 Å². The zero-order valence-corrected chi connectivity index (χ0v) is 21.4. The van der Waals surface area contributed by atoms with Crippen molar-refractivity contribution in [2.24, 2.45) is 0 Å². The van der Waals surface area contributed by atoms with Crippen LogP contribution in [0.5, 0.6) is 0 Å². The number of aldehydes is 1. The van der Waals surface area contributed by atoms with Gasteiger partial charge >= 0.3 is 12.1 Å². The van der Waals surface area contributed by atoms with E-state index < -0.39 is 30.6 Å². The van der Waals surface area contributed by atoms with Crippen LogP contribution in [0.1, 0.15) is 22.1 Å². The van der Waals surface area contributed by atoms with Crippen molar-refractivity contribution in [1.29, 1.82) is 0 Å². The molecule has 2 aromatic carbocycles. The Bertz CT molecular complexity index is 1420. The molecule has 1 fully saturated rings. The Morgan fingerprint density at radius 2 is 1.67 bits per heavy atom. The van der Waals surface area contributed by atoms with E-state index in [0.29, 0.717) is 41.6 Å². The summed E-state index contributed by atoms with van der Waals surface area (Å²) in [4.78, 5) is 60.4. The van der Waals surface area contributed by atoms with Crippen LogP contribution in [0.25, 0.3) is 5.69 Å². The molecule has 2 aliphatic heterocycles. The lowest BCUT2D eigenvalue weighted by Crippen LogP contribution is -2.50. The Hall–Kier alpha value is -4.58. The van der Waals surface area contributed by atoms with Crippen LogP contribution in [0.4, 0.5) is 16.6 Å². The Labute approximate surface area is 228 Å². The number of fused-ring (bicyclic) bond motifs is 1. The SMILES string of the molecule is O=CC(c1ccccc1)N1CN(CC(=O)O)c2nc(N3CCN(C(=O)O)CC3)n(-c3ccccc3Cl)c2C1=O. The number of carboxylic acids is 1. The first-order valence-electron chi connectivity index (χ1n) is 12.2. The number of carboxylic acid groups (broad SMARTS) is 2. The summed E-state index contributed by atoms with van der Waals surface area (Å²) in [6, 6.07) is 14.6. The minimum Gasteiger partial charge on any atom is -0.480 e. The van der Waals surface area contributed by atoms with E-state index in [1.807, 2.05) is 4.90 Å². The molecule has 3 aromatic rings.